The second-order valence-electron chi connectivity index (χ2n) is 8.95. The van der Waals surface area contributed by atoms with Gasteiger partial charge < -0.3 is 20.3 Å². The van der Waals surface area contributed by atoms with Crippen molar-refractivity contribution in [2.45, 2.75) is 25.3 Å². The quantitative estimate of drug-likeness (QED) is 0.758. The smallest absolute Gasteiger partial charge is 0.241 e. The number of allylic oxidation sites excluding steroid dienone is 1. The number of hydrogen-bond donors (Lipinski definition) is 2. The molecule has 30 heavy (non-hydrogen) atoms. The van der Waals surface area contributed by atoms with Gasteiger partial charge >= 0.3 is 0 Å². The summed E-state index contributed by atoms with van der Waals surface area (Å²) in [6.45, 7) is 3.52. The number of fused-ring (bicyclic) bond motifs is 2. The second kappa shape index (κ2) is 7.69. The van der Waals surface area contributed by atoms with Gasteiger partial charge in [-0.1, -0.05) is 0 Å². The molecule has 0 bridgehead atoms. The first-order chi connectivity index (χ1) is 14.6. The van der Waals surface area contributed by atoms with Crippen LogP contribution in [-0.2, 0) is 4.74 Å². The molecule has 0 amide bonds. The van der Waals surface area contributed by atoms with E-state index >= 15 is 0 Å². The molecule has 2 aromatic rings. The Morgan fingerprint density at radius 2 is 1.83 bits per heavy atom. The van der Waals surface area contributed by atoms with Crippen molar-refractivity contribution in [1.29, 1.82) is 0 Å². The SMILES string of the molecule is CNC1CCC2=C(C1)c1ccc(Nc3ccc(N4CCOCC4)cc3)nc1[N+]2(C)C. The Kier molecular flexibility index (Phi) is 5.01. The first kappa shape index (κ1) is 19.5. The number of pyridine rings is 1. The van der Waals surface area contributed by atoms with Gasteiger partial charge in [0.1, 0.15) is 11.5 Å². The first-order valence-corrected chi connectivity index (χ1v) is 11.0. The molecule has 0 spiro atoms. The molecule has 3 heterocycles. The van der Waals surface area contributed by atoms with E-state index in [1.54, 1.807) is 0 Å². The molecule has 1 aromatic carbocycles. The Morgan fingerprint density at radius 3 is 2.57 bits per heavy atom. The second-order valence-corrected chi connectivity index (χ2v) is 8.95. The fourth-order valence-electron chi connectivity index (χ4n) is 5.09. The summed E-state index contributed by atoms with van der Waals surface area (Å²) in [5.74, 6) is 2.07. The third-order valence-corrected chi connectivity index (χ3v) is 6.86. The summed E-state index contributed by atoms with van der Waals surface area (Å²) in [6, 6.07) is 13.6. The zero-order valence-electron chi connectivity index (χ0n) is 18.2. The molecule has 0 radical (unpaired) electrons. The highest BCUT2D eigenvalue weighted by Gasteiger charge is 2.43. The van der Waals surface area contributed by atoms with Crippen molar-refractivity contribution in [1.82, 2.24) is 14.8 Å². The van der Waals surface area contributed by atoms with Crippen molar-refractivity contribution in [2.24, 2.45) is 0 Å². The summed E-state index contributed by atoms with van der Waals surface area (Å²) in [6.07, 6.45) is 3.43. The van der Waals surface area contributed by atoms with Crippen LogP contribution in [0.15, 0.2) is 42.1 Å². The standard InChI is InChI=1S/C24H32N5O/c1-25-18-6-10-22-21(16-18)20-9-11-23(27-24(20)29(22,2)3)26-17-4-7-19(8-5-17)28-12-14-30-15-13-28/h4-5,7-9,11,18,25H,6,10,12-16H2,1-3H3,(H,26,27)/q+1. The van der Waals surface area contributed by atoms with Gasteiger partial charge in [-0.15, -0.1) is 0 Å². The van der Waals surface area contributed by atoms with Crippen molar-refractivity contribution in [2.75, 3.05) is 57.7 Å². The number of ether oxygens (including phenoxy) is 1. The lowest BCUT2D eigenvalue weighted by Crippen LogP contribution is -2.40. The lowest BCUT2D eigenvalue weighted by Gasteiger charge is -2.30. The third-order valence-electron chi connectivity index (χ3n) is 6.86. The number of morpholine rings is 1. The number of aromatic nitrogens is 1. The van der Waals surface area contributed by atoms with E-state index < -0.39 is 0 Å². The van der Waals surface area contributed by atoms with Gasteiger partial charge in [0.25, 0.3) is 0 Å². The van der Waals surface area contributed by atoms with Crippen LogP contribution < -0.4 is 20.0 Å². The molecule has 0 saturated carbocycles. The highest BCUT2D eigenvalue weighted by molar-refractivity contribution is 5.85. The van der Waals surface area contributed by atoms with Crippen LogP contribution in [0.25, 0.3) is 5.57 Å². The van der Waals surface area contributed by atoms with Crippen LogP contribution in [0.4, 0.5) is 23.0 Å². The number of nitrogens with one attached hydrogen (secondary N) is 2. The van der Waals surface area contributed by atoms with Crippen LogP contribution in [0.5, 0.6) is 0 Å². The number of rotatable bonds is 4. The Labute approximate surface area is 179 Å². The fraction of sp³-hybridized carbons (Fsp3) is 0.458. The van der Waals surface area contributed by atoms with E-state index in [1.165, 1.54) is 28.9 Å². The molecular weight excluding hydrogens is 374 g/mol. The molecule has 2 N–H and O–H groups in total. The summed E-state index contributed by atoms with van der Waals surface area (Å²) in [7, 11) is 6.62. The molecule has 1 atom stereocenters. The number of nitrogens with zero attached hydrogens (tertiary/aromatic N) is 3. The predicted molar refractivity (Wildman–Crippen MR) is 124 cm³/mol. The Morgan fingerprint density at radius 1 is 1.07 bits per heavy atom. The average molecular weight is 407 g/mol. The minimum absolute atomic E-state index is 0.567. The highest BCUT2D eigenvalue weighted by atomic mass is 16.5. The Hall–Kier alpha value is -2.41. The number of anilines is 3. The average Bonchev–Trinajstić information content (AvgIpc) is 3.01. The number of quaternary nitrogens is 1. The predicted octanol–water partition coefficient (Wildman–Crippen LogP) is 3.73. The van der Waals surface area contributed by atoms with E-state index in [9.17, 15) is 0 Å². The molecule has 3 aliphatic rings. The topological polar surface area (TPSA) is 49.4 Å². The van der Waals surface area contributed by atoms with Crippen molar-refractivity contribution < 1.29 is 4.74 Å². The fourth-order valence-corrected chi connectivity index (χ4v) is 5.09. The molecule has 1 fully saturated rings. The molecule has 1 unspecified atom stereocenters. The van der Waals surface area contributed by atoms with Crippen LogP contribution >= 0.6 is 0 Å². The maximum absolute atomic E-state index is 5.45. The van der Waals surface area contributed by atoms with Crippen molar-refractivity contribution in [3.63, 3.8) is 0 Å². The van der Waals surface area contributed by atoms with Crippen LogP contribution in [0.1, 0.15) is 24.8 Å². The van der Waals surface area contributed by atoms with Gasteiger partial charge in [0.05, 0.1) is 32.9 Å². The Bertz CT molecular complexity index is 960. The summed E-state index contributed by atoms with van der Waals surface area (Å²) in [4.78, 5) is 7.43. The lowest BCUT2D eigenvalue weighted by molar-refractivity contribution is 0.122. The molecule has 5 rings (SSSR count). The zero-order valence-corrected chi connectivity index (χ0v) is 18.2. The molecule has 158 valence electrons. The van der Waals surface area contributed by atoms with Crippen LogP contribution in [-0.4, -0.2) is 58.5 Å². The zero-order chi connectivity index (χ0) is 20.7. The van der Waals surface area contributed by atoms with E-state index in [1.807, 2.05) is 0 Å². The van der Waals surface area contributed by atoms with E-state index in [2.05, 4.69) is 73.1 Å². The highest BCUT2D eigenvalue weighted by Crippen LogP contribution is 2.48. The molecule has 1 saturated heterocycles. The largest absolute Gasteiger partial charge is 0.378 e. The lowest BCUT2D eigenvalue weighted by atomic mass is 9.90. The minimum atomic E-state index is 0.567. The van der Waals surface area contributed by atoms with Gasteiger partial charge in [-0.25, -0.2) is 4.48 Å². The van der Waals surface area contributed by atoms with Crippen molar-refractivity contribution in [3.8, 4) is 0 Å². The molecule has 6 nitrogen and oxygen atoms in total. The molecule has 6 heteroatoms. The van der Waals surface area contributed by atoms with Gasteiger partial charge in [0.15, 0.2) is 0 Å². The van der Waals surface area contributed by atoms with Crippen LogP contribution in [0, 0.1) is 0 Å². The molecular formula is C24H32N5O+. The normalized spacial score (nSPS) is 22.6. The van der Waals surface area contributed by atoms with Gasteiger partial charge in [-0.3, -0.25) is 0 Å². The third kappa shape index (κ3) is 3.39. The van der Waals surface area contributed by atoms with Crippen molar-refractivity contribution in [3.05, 3.63) is 47.7 Å². The minimum Gasteiger partial charge on any atom is -0.378 e. The van der Waals surface area contributed by atoms with E-state index in [-0.39, 0.29) is 0 Å². The number of benzene rings is 1. The van der Waals surface area contributed by atoms with E-state index in [0.29, 0.717) is 6.04 Å². The van der Waals surface area contributed by atoms with E-state index in [4.69, 9.17) is 9.72 Å². The van der Waals surface area contributed by atoms with Gasteiger partial charge in [-0.2, -0.15) is 4.98 Å². The monoisotopic (exact) mass is 406 g/mol. The summed E-state index contributed by atoms with van der Waals surface area (Å²) in [5, 5.41) is 6.97. The maximum Gasteiger partial charge on any atom is 0.241 e. The van der Waals surface area contributed by atoms with E-state index in [0.717, 1.165) is 61.0 Å². The number of hydrogen-bond acceptors (Lipinski definition) is 5. The summed E-state index contributed by atoms with van der Waals surface area (Å²) in [5.41, 5.74) is 6.66. The van der Waals surface area contributed by atoms with Gasteiger partial charge in [-0.05, 0) is 56.3 Å². The Balaban J connectivity index is 1.36. The van der Waals surface area contributed by atoms with Crippen LogP contribution in [0.3, 0.4) is 0 Å². The molecule has 1 aliphatic carbocycles. The van der Waals surface area contributed by atoms with Gasteiger partial charge in [0, 0.05) is 42.5 Å². The van der Waals surface area contributed by atoms with Crippen LogP contribution in [0.2, 0.25) is 0 Å². The summed E-state index contributed by atoms with van der Waals surface area (Å²) < 4.78 is 6.22. The maximum atomic E-state index is 5.45. The molecule has 2 aliphatic heterocycles. The van der Waals surface area contributed by atoms with Crippen molar-refractivity contribution >= 4 is 28.6 Å². The molecule has 1 aromatic heterocycles. The summed E-state index contributed by atoms with van der Waals surface area (Å²) >= 11 is 0. The first-order valence-electron chi connectivity index (χ1n) is 11.0. The van der Waals surface area contributed by atoms with Gasteiger partial charge in [0.2, 0.25) is 5.82 Å².